The van der Waals surface area contributed by atoms with Crippen molar-refractivity contribution in [2.24, 2.45) is 0 Å². The van der Waals surface area contributed by atoms with Gasteiger partial charge in [-0.3, -0.25) is 4.79 Å². The molecule has 0 unspecified atom stereocenters. The highest BCUT2D eigenvalue weighted by molar-refractivity contribution is 9.13. The number of ether oxygens (including phenoxy) is 1. The molecule has 6 heteroatoms. The minimum absolute atomic E-state index is 0.0506. The summed E-state index contributed by atoms with van der Waals surface area (Å²) in [5, 5.41) is 0. The molecule has 1 aromatic rings. The molecule has 16 heavy (non-hydrogen) atoms. The lowest BCUT2D eigenvalue weighted by atomic mass is 10.1. The van der Waals surface area contributed by atoms with Gasteiger partial charge in [-0.05, 0) is 44.8 Å². The maximum Gasteiger partial charge on any atom is 0.310 e. The van der Waals surface area contributed by atoms with E-state index in [1.807, 2.05) is 0 Å². The predicted octanol–water partition coefficient (Wildman–Crippen LogP) is 3.60. The van der Waals surface area contributed by atoms with Crippen LogP contribution in [0, 0.1) is 11.6 Å². The van der Waals surface area contributed by atoms with Crippen molar-refractivity contribution < 1.29 is 18.3 Å². The number of halogens is 4. The van der Waals surface area contributed by atoms with Gasteiger partial charge in [0.25, 0.3) is 0 Å². The standard InChI is InChI=1S/C10H8Br2F2O2/c1-2-16-8(15)3-5-9(12)6(11)4-7(13)10(5)14/h4H,2-3H2,1H3. The van der Waals surface area contributed by atoms with Crippen molar-refractivity contribution in [1.82, 2.24) is 0 Å². The summed E-state index contributed by atoms with van der Waals surface area (Å²) in [6, 6.07) is 0.994. The minimum atomic E-state index is -1.04. The highest BCUT2D eigenvalue weighted by atomic mass is 79.9. The maximum atomic E-state index is 13.4. The number of benzene rings is 1. The average Bonchev–Trinajstić information content (AvgIpc) is 2.22. The molecular weight excluding hydrogens is 350 g/mol. The SMILES string of the molecule is CCOC(=O)Cc1c(F)c(F)cc(Br)c1Br. The van der Waals surface area contributed by atoms with Crippen LogP contribution in [0.5, 0.6) is 0 Å². The zero-order valence-electron chi connectivity index (χ0n) is 8.32. The van der Waals surface area contributed by atoms with Crippen molar-refractivity contribution in [2.75, 3.05) is 6.61 Å². The van der Waals surface area contributed by atoms with Crippen LogP contribution < -0.4 is 0 Å². The Morgan fingerprint density at radius 3 is 2.62 bits per heavy atom. The second kappa shape index (κ2) is 5.72. The lowest BCUT2D eigenvalue weighted by Gasteiger charge is -2.08. The Balaban J connectivity index is 3.07. The van der Waals surface area contributed by atoms with Crippen LogP contribution in [-0.4, -0.2) is 12.6 Å². The Morgan fingerprint density at radius 1 is 1.44 bits per heavy atom. The fraction of sp³-hybridized carbons (Fsp3) is 0.300. The largest absolute Gasteiger partial charge is 0.466 e. The van der Waals surface area contributed by atoms with Crippen molar-refractivity contribution in [3.05, 3.63) is 32.2 Å². The molecule has 0 bridgehead atoms. The van der Waals surface area contributed by atoms with Gasteiger partial charge in [-0.25, -0.2) is 8.78 Å². The molecule has 0 atom stereocenters. The first-order chi connectivity index (χ1) is 7.47. The first kappa shape index (κ1) is 13.6. The summed E-state index contributed by atoms with van der Waals surface area (Å²) in [7, 11) is 0. The maximum absolute atomic E-state index is 13.4. The third-order valence-corrected chi connectivity index (χ3v) is 3.89. The van der Waals surface area contributed by atoms with Crippen molar-refractivity contribution in [3.8, 4) is 0 Å². The summed E-state index contributed by atoms with van der Waals surface area (Å²) in [6.07, 6.45) is -0.309. The molecule has 0 saturated carbocycles. The monoisotopic (exact) mass is 356 g/mol. The van der Waals surface area contributed by atoms with E-state index in [9.17, 15) is 13.6 Å². The zero-order valence-corrected chi connectivity index (χ0v) is 11.5. The lowest BCUT2D eigenvalue weighted by molar-refractivity contribution is -0.142. The van der Waals surface area contributed by atoms with Crippen LogP contribution in [0.2, 0.25) is 0 Å². The molecule has 0 amide bonds. The van der Waals surface area contributed by atoms with Crippen LogP contribution in [0.15, 0.2) is 15.0 Å². The van der Waals surface area contributed by atoms with E-state index >= 15 is 0 Å². The van der Waals surface area contributed by atoms with E-state index in [4.69, 9.17) is 0 Å². The Morgan fingerprint density at radius 2 is 2.06 bits per heavy atom. The van der Waals surface area contributed by atoms with Gasteiger partial charge in [0, 0.05) is 14.5 Å². The molecule has 0 saturated heterocycles. The van der Waals surface area contributed by atoms with Gasteiger partial charge in [-0.1, -0.05) is 0 Å². The first-order valence-electron chi connectivity index (χ1n) is 4.44. The molecule has 2 nitrogen and oxygen atoms in total. The van der Waals surface area contributed by atoms with Crippen molar-refractivity contribution in [2.45, 2.75) is 13.3 Å². The smallest absolute Gasteiger partial charge is 0.310 e. The van der Waals surface area contributed by atoms with Crippen molar-refractivity contribution in [3.63, 3.8) is 0 Å². The second-order valence-corrected chi connectivity index (χ2v) is 4.58. The van der Waals surface area contributed by atoms with Crippen LogP contribution in [0.1, 0.15) is 12.5 Å². The molecule has 88 valence electrons. The fourth-order valence-electron chi connectivity index (χ4n) is 1.13. The van der Waals surface area contributed by atoms with E-state index in [2.05, 4.69) is 36.6 Å². The number of carbonyl (C=O) groups excluding carboxylic acids is 1. The van der Waals surface area contributed by atoms with E-state index in [0.717, 1.165) is 6.07 Å². The van der Waals surface area contributed by atoms with Crippen LogP contribution in [0.4, 0.5) is 8.78 Å². The lowest BCUT2D eigenvalue weighted by Crippen LogP contribution is -2.10. The molecule has 0 aliphatic rings. The van der Waals surface area contributed by atoms with Gasteiger partial charge in [0.05, 0.1) is 13.0 Å². The Bertz CT molecular complexity index is 396. The van der Waals surface area contributed by atoms with E-state index in [1.165, 1.54) is 0 Å². The Labute approximate surface area is 108 Å². The topological polar surface area (TPSA) is 26.3 Å². The second-order valence-electron chi connectivity index (χ2n) is 2.93. The first-order valence-corrected chi connectivity index (χ1v) is 6.03. The average molecular weight is 358 g/mol. The zero-order chi connectivity index (χ0) is 12.3. The molecule has 1 aromatic carbocycles. The molecule has 0 heterocycles. The van der Waals surface area contributed by atoms with Gasteiger partial charge in [-0.15, -0.1) is 0 Å². The fourth-order valence-corrected chi connectivity index (χ4v) is 2.00. The quantitative estimate of drug-likeness (QED) is 0.610. The highest BCUT2D eigenvalue weighted by Crippen LogP contribution is 2.31. The molecule has 0 aromatic heterocycles. The van der Waals surface area contributed by atoms with Crippen molar-refractivity contribution in [1.29, 1.82) is 0 Å². The molecule has 0 aliphatic carbocycles. The molecule has 0 fully saturated rings. The van der Waals surface area contributed by atoms with E-state index in [0.29, 0.717) is 8.95 Å². The third-order valence-electron chi connectivity index (χ3n) is 1.83. The molecule has 0 aliphatic heterocycles. The van der Waals surface area contributed by atoms with Gasteiger partial charge in [0.15, 0.2) is 11.6 Å². The van der Waals surface area contributed by atoms with Gasteiger partial charge in [0.1, 0.15) is 0 Å². The third kappa shape index (κ3) is 3.01. The number of hydrogen-bond acceptors (Lipinski definition) is 2. The van der Waals surface area contributed by atoms with Gasteiger partial charge < -0.3 is 4.74 Å². The highest BCUT2D eigenvalue weighted by Gasteiger charge is 2.18. The van der Waals surface area contributed by atoms with Crippen LogP contribution in [0.3, 0.4) is 0 Å². The Hall–Kier alpha value is -0.490. The molecule has 1 rings (SSSR count). The van der Waals surface area contributed by atoms with Gasteiger partial charge in [-0.2, -0.15) is 0 Å². The normalized spacial score (nSPS) is 10.3. The number of esters is 1. The summed E-state index contributed by atoms with van der Waals surface area (Å²) in [5.41, 5.74) is -0.0506. The summed E-state index contributed by atoms with van der Waals surface area (Å²) in [6.45, 7) is 1.85. The van der Waals surface area contributed by atoms with Crippen LogP contribution >= 0.6 is 31.9 Å². The summed E-state index contributed by atoms with van der Waals surface area (Å²) in [4.78, 5) is 11.2. The van der Waals surface area contributed by atoms with Crippen molar-refractivity contribution >= 4 is 37.8 Å². The molecular formula is C10H8Br2F2O2. The molecule has 0 spiro atoms. The Kier molecular flexibility index (Phi) is 4.86. The van der Waals surface area contributed by atoms with E-state index in [-0.39, 0.29) is 18.6 Å². The predicted molar refractivity (Wildman–Crippen MR) is 62.1 cm³/mol. The van der Waals surface area contributed by atoms with Gasteiger partial charge in [0.2, 0.25) is 0 Å². The van der Waals surface area contributed by atoms with Crippen LogP contribution in [0.25, 0.3) is 0 Å². The number of hydrogen-bond donors (Lipinski definition) is 0. The van der Waals surface area contributed by atoms with E-state index < -0.39 is 17.6 Å². The summed E-state index contributed by atoms with van der Waals surface area (Å²) >= 11 is 6.14. The van der Waals surface area contributed by atoms with Crippen LogP contribution in [-0.2, 0) is 16.0 Å². The number of rotatable bonds is 3. The minimum Gasteiger partial charge on any atom is -0.466 e. The molecule has 0 N–H and O–H groups in total. The summed E-state index contributed by atoms with van der Waals surface area (Å²) < 4.78 is 31.8. The van der Waals surface area contributed by atoms with Gasteiger partial charge >= 0.3 is 5.97 Å². The molecule has 0 radical (unpaired) electrons. The summed E-state index contributed by atoms with van der Waals surface area (Å²) in [5.74, 6) is -2.64. The number of carbonyl (C=O) groups is 1. The van der Waals surface area contributed by atoms with E-state index in [1.54, 1.807) is 6.92 Å².